The van der Waals surface area contributed by atoms with Crippen LogP contribution in [0, 0.1) is 12.8 Å². The van der Waals surface area contributed by atoms with Gasteiger partial charge >= 0.3 is 0 Å². The van der Waals surface area contributed by atoms with Crippen LogP contribution in [0.25, 0.3) is 0 Å². The van der Waals surface area contributed by atoms with Crippen molar-refractivity contribution >= 4 is 17.3 Å². The first-order chi connectivity index (χ1) is 12.3. The molecule has 3 aromatic rings. The normalized spacial score (nSPS) is 17.9. The van der Waals surface area contributed by atoms with Crippen molar-refractivity contribution in [3.63, 3.8) is 0 Å². The zero-order valence-corrected chi connectivity index (χ0v) is 15.0. The van der Waals surface area contributed by atoms with Gasteiger partial charge in [-0.3, -0.25) is 9.58 Å². The van der Waals surface area contributed by atoms with E-state index in [2.05, 4.69) is 46.4 Å². The number of hydrogen-bond acceptors (Lipinski definition) is 7. The van der Waals surface area contributed by atoms with Crippen LogP contribution in [0.2, 0.25) is 0 Å². The van der Waals surface area contributed by atoms with Gasteiger partial charge in [-0.15, -0.1) is 11.3 Å². The van der Waals surface area contributed by atoms with Gasteiger partial charge in [0.15, 0.2) is 0 Å². The first kappa shape index (κ1) is 16.2. The van der Waals surface area contributed by atoms with E-state index in [0.29, 0.717) is 11.9 Å². The van der Waals surface area contributed by atoms with Gasteiger partial charge in [-0.2, -0.15) is 5.10 Å². The molecule has 7 nitrogen and oxygen atoms in total. The van der Waals surface area contributed by atoms with Crippen LogP contribution in [0.5, 0.6) is 0 Å². The third-order valence-electron chi connectivity index (χ3n) is 4.28. The smallest absolute Gasteiger partial charge is 0.222 e. The molecule has 0 radical (unpaired) electrons. The largest absolute Gasteiger partial charge is 0.354 e. The monoisotopic (exact) mass is 355 g/mol. The quantitative estimate of drug-likeness (QED) is 0.756. The Labute approximate surface area is 150 Å². The molecule has 1 aliphatic heterocycles. The number of aromatic nitrogens is 5. The van der Waals surface area contributed by atoms with Gasteiger partial charge in [-0.1, -0.05) is 0 Å². The first-order valence-electron chi connectivity index (χ1n) is 8.41. The fraction of sp³-hybridized carbons (Fsp3) is 0.412. The lowest BCUT2D eigenvalue weighted by Gasteiger charge is -2.23. The molecule has 130 valence electrons. The molecule has 0 spiro atoms. The summed E-state index contributed by atoms with van der Waals surface area (Å²) in [5, 5.41) is 11.1. The van der Waals surface area contributed by atoms with Crippen molar-refractivity contribution in [1.29, 1.82) is 0 Å². The maximum atomic E-state index is 4.62. The Kier molecular flexibility index (Phi) is 4.71. The standard InChI is InChI=1S/C17H21N7S/c1-13-12-25-16(22-13)11-23-8-14(7-20-17-18-4-2-5-19-17)9-24-15(10-23)3-6-21-24/h2-6,12,14H,7-11H2,1H3,(H,18,19,20). The Morgan fingerprint density at radius 1 is 1.24 bits per heavy atom. The lowest BCUT2D eigenvalue weighted by molar-refractivity contribution is 0.225. The maximum absolute atomic E-state index is 4.62. The lowest BCUT2D eigenvalue weighted by Crippen LogP contribution is -2.31. The van der Waals surface area contributed by atoms with Crippen LogP contribution in [0.1, 0.15) is 16.4 Å². The number of thiazole rings is 1. The molecule has 8 heteroatoms. The van der Waals surface area contributed by atoms with Crippen molar-refractivity contribution in [2.24, 2.45) is 5.92 Å². The lowest BCUT2D eigenvalue weighted by atomic mass is 10.1. The molecule has 4 heterocycles. The molecule has 1 unspecified atom stereocenters. The summed E-state index contributed by atoms with van der Waals surface area (Å²) in [5.41, 5.74) is 2.35. The maximum Gasteiger partial charge on any atom is 0.222 e. The Balaban J connectivity index is 1.47. The predicted molar refractivity (Wildman–Crippen MR) is 97.2 cm³/mol. The minimum Gasteiger partial charge on any atom is -0.354 e. The summed E-state index contributed by atoms with van der Waals surface area (Å²) in [6.07, 6.45) is 5.40. The van der Waals surface area contributed by atoms with Gasteiger partial charge < -0.3 is 5.32 Å². The van der Waals surface area contributed by atoms with Gasteiger partial charge in [0.05, 0.1) is 12.2 Å². The summed E-state index contributed by atoms with van der Waals surface area (Å²) in [6.45, 7) is 6.52. The van der Waals surface area contributed by atoms with Crippen molar-refractivity contribution in [2.75, 3.05) is 18.4 Å². The molecule has 3 aromatic heterocycles. The Morgan fingerprint density at radius 3 is 2.92 bits per heavy atom. The summed E-state index contributed by atoms with van der Waals surface area (Å²) < 4.78 is 2.12. The third-order valence-corrected chi connectivity index (χ3v) is 5.23. The van der Waals surface area contributed by atoms with Gasteiger partial charge in [-0.05, 0) is 19.1 Å². The minimum absolute atomic E-state index is 0.422. The van der Waals surface area contributed by atoms with Gasteiger partial charge in [0.25, 0.3) is 0 Å². The fourth-order valence-corrected chi connectivity index (χ4v) is 3.98. The fourth-order valence-electron chi connectivity index (χ4n) is 3.16. The van der Waals surface area contributed by atoms with E-state index in [9.17, 15) is 0 Å². The Hall–Kier alpha value is -2.32. The number of hydrogen-bond donors (Lipinski definition) is 1. The molecular weight excluding hydrogens is 334 g/mol. The number of fused-ring (bicyclic) bond motifs is 1. The number of rotatable bonds is 5. The van der Waals surface area contributed by atoms with E-state index in [1.165, 1.54) is 10.7 Å². The molecule has 0 bridgehead atoms. The number of nitrogens with zero attached hydrogens (tertiary/aromatic N) is 6. The van der Waals surface area contributed by atoms with Crippen molar-refractivity contribution in [3.05, 3.63) is 52.5 Å². The highest BCUT2D eigenvalue weighted by molar-refractivity contribution is 7.09. The second-order valence-corrected chi connectivity index (χ2v) is 7.32. The average Bonchev–Trinajstić information content (AvgIpc) is 3.19. The molecule has 1 atom stereocenters. The second-order valence-electron chi connectivity index (χ2n) is 6.38. The van der Waals surface area contributed by atoms with E-state index in [0.717, 1.165) is 38.4 Å². The zero-order chi connectivity index (χ0) is 17.1. The van der Waals surface area contributed by atoms with Crippen LogP contribution in [-0.4, -0.2) is 42.7 Å². The van der Waals surface area contributed by atoms with Crippen LogP contribution >= 0.6 is 11.3 Å². The van der Waals surface area contributed by atoms with E-state index < -0.39 is 0 Å². The van der Waals surface area contributed by atoms with Crippen LogP contribution in [0.3, 0.4) is 0 Å². The highest BCUT2D eigenvalue weighted by atomic mass is 32.1. The van der Waals surface area contributed by atoms with E-state index in [1.54, 1.807) is 23.7 Å². The van der Waals surface area contributed by atoms with Crippen molar-refractivity contribution in [2.45, 2.75) is 26.6 Å². The Morgan fingerprint density at radius 2 is 2.12 bits per heavy atom. The summed E-state index contributed by atoms with van der Waals surface area (Å²) in [6, 6.07) is 3.93. The first-order valence-corrected chi connectivity index (χ1v) is 9.29. The average molecular weight is 355 g/mol. The van der Waals surface area contributed by atoms with Crippen LogP contribution in [-0.2, 0) is 19.6 Å². The molecule has 0 saturated heterocycles. The van der Waals surface area contributed by atoms with Gasteiger partial charge in [-0.25, -0.2) is 15.0 Å². The van der Waals surface area contributed by atoms with Crippen molar-refractivity contribution in [1.82, 2.24) is 29.6 Å². The molecule has 1 N–H and O–H groups in total. The van der Waals surface area contributed by atoms with Crippen molar-refractivity contribution in [3.8, 4) is 0 Å². The Bertz CT molecular complexity index is 813. The van der Waals surface area contributed by atoms with E-state index in [-0.39, 0.29) is 0 Å². The molecule has 0 fully saturated rings. The summed E-state index contributed by atoms with van der Waals surface area (Å²) in [4.78, 5) is 15.6. The second kappa shape index (κ2) is 7.28. The number of nitrogens with one attached hydrogen (secondary N) is 1. The molecule has 0 aliphatic carbocycles. The highest BCUT2D eigenvalue weighted by Gasteiger charge is 2.23. The number of aryl methyl sites for hydroxylation is 1. The molecule has 4 rings (SSSR count). The summed E-state index contributed by atoms with van der Waals surface area (Å²) in [5.74, 6) is 1.10. The van der Waals surface area contributed by atoms with Gasteiger partial charge in [0.2, 0.25) is 5.95 Å². The summed E-state index contributed by atoms with van der Waals surface area (Å²) >= 11 is 1.73. The molecule has 1 aliphatic rings. The highest BCUT2D eigenvalue weighted by Crippen LogP contribution is 2.20. The van der Waals surface area contributed by atoms with E-state index in [1.807, 2.05) is 19.2 Å². The van der Waals surface area contributed by atoms with Crippen LogP contribution in [0.15, 0.2) is 36.1 Å². The van der Waals surface area contributed by atoms with Crippen LogP contribution in [0.4, 0.5) is 5.95 Å². The minimum atomic E-state index is 0.422. The van der Waals surface area contributed by atoms with Crippen LogP contribution < -0.4 is 5.32 Å². The number of anilines is 1. The molecule has 0 aromatic carbocycles. The van der Waals surface area contributed by atoms with E-state index in [4.69, 9.17) is 0 Å². The molecule has 0 saturated carbocycles. The molecular formula is C17H21N7S. The SMILES string of the molecule is Cc1csc(CN2Cc3ccnn3CC(CNc3ncccn3)C2)n1. The topological polar surface area (TPSA) is 71.8 Å². The molecule has 25 heavy (non-hydrogen) atoms. The van der Waals surface area contributed by atoms with Crippen molar-refractivity contribution < 1.29 is 0 Å². The van der Waals surface area contributed by atoms with Gasteiger partial charge in [0.1, 0.15) is 5.01 Å². The predicted octanol–water partition coefficient (Wildman–Crippen LogP) is 2.18. The summed E-state index contributed by atoms with van der Waals surface area (Å²) in [7, 11) is 0. The third kappa shape index (κ3) is 4.02. The zero-order valence-electron chi connectivity index (χ0n) is 14.2. The van der Waals surface area contributed by atoms with E-state index >= 15 is 0 Å². The van der Waals surface area contributed by atoms with Gasteiger partial charge in [0, 0.05) is 61.8 Å². The molecule has 0 amide bonds.